The molecule has 3 heterocycles. The number of nitrogens with zero attached hydrogens (tertiary/aromatic N) is 5. The Labute approximate surface area is 198 Å². The quantitative estimate of drug-likeness (QED) is 0.538. The zero-order valence-corrected chi connectivity index (χ0v) is 17.8. The van der Waals surface area contributed by atoms with E-state index in [0.717, 1.165) is 11.1 Å². The van der Waals surface area contributed by atoms with E-state index in [4.69, 9.17) is 0 Å². The van der Waals surface area contributed by atoms with Crippen molar-refractivity contribution in [3.05, 3.63) is 89.4 Å². The van der Waals surface area contributed by atoms with Gasteiger partial charge >= 0.3 is 12.2 Å². The van der Waals surface area contributed by atoms with Crippen molar-refractivity contribution in [2.45, 2.75) is 6.18 Å². The lowest BCUT2D eigenvalue weighted by Gasteiger charge is -2.30. The standard InChI is InChI=1S/C22H13F5N6O3/c23-13-9-14(18(15(24)10-13)22(25,26)27)20(35)33-8-2-7-32(21(33)36)17-5-4-12(11-28-17)19(34)30-16-3-1-6-29-31-16/h1-7,9-11H,8H2,(H,30,31,34). The van der Waals surface area contributed by atoms with Gasteiger partial charge in [0, 0.05) is 24.7 Å². The van der Waals surface area contributed by atoms with Crippen molar-refractivity contribution < 1.29 is 36.3 Å². The summed E-state index contributed by atoms with van der Waals surface area (Å²) in [7, 11) is 0. The van der Waals surface area contributed by atoms with Crippen molar-refractivity contribution in [3.8, 4) is 0 Å². The van der Waals surface area contributed by atoms with Crippen molar-refractivity contribution in [1.82, 2.24) is 20.1 Å². The molecule has 0 radical (unpaired) electrons. The molecule has 4 amide bonds. The van der Waals surface area contributed by atoms with E-state index in [-0.39, 0.29) is 29.3 Å². The van der Waals surface area contributed by atoms with E-state index in [0.29, 0.717) is 4.90 Å². The van der Waals surface area contributed by atoms with Crippen LogP contribution >= 0.6 is 0 Å². The molecule has 2 aromatic heterocycles. The molecule has 0 atom stereocenters. The Kier molecular flexibility index (Phi) is 6.42. The highest BCUT2D eigenvalue weighted by Crippen LogP contribution is 2.35. The lowest BCUT2D eigenvalue weighted by molar-refractivity contribution is -0.140. The van der Waals surface area contributed by atoms with E-state index in [1.165, 1.54) is 36.7 Å². The fraction of sp³-hybridized carbons (Fsp3) is 0.0909. The second kappa shape index (κ2) is 9.48. The van der Waals surface area contributed by atoms with Crippen molar-refractivity contribution in [2.75, 3.05) is 16.8 Å². The Morgan fingerprint density at radius 1 is 1.08 bits per heavy atom. The monoisotopic (exact) mass is 504 g/mol. The number of alkyl halides is 3. The first-order valence-corrected chi connectivity index (χ1v) is 9.99. The van der Waals surface area contributed by atoms with Crippen LogP contribution in [0.3, 0.4) is 0 Å². The van der Waals surface area contributed by atoms with Gasteiger partial charge in [0.05, 0.1) is 17.7 Å². The number of nitrogens with one attached hydrogen (secondary N) is 1. The first-order chi connectivity index (χ1) is 17.1. The number of carbonyl (C=O) groups is 3. The van der Waals surface area contributed by atoms with E-state index in [9.17, 15) is 36.3 Å². The maximum atomic E-state index is 13.9. The number of benzene rings is 1. The topological polar surface area (TPSA) is 108 Å². The molecule has 0 saturated carbocycles. The third-order valence-electron chi connectivity index (χ3n) is 4.86. The normalized spacial score (nSPS) is 13.6. The van der Waals surface area contributed by atoms with Crippen molar-refractivity contribution in [1.29, 1.82) is 0 Å². The van der Waals surface area contributed by atoms with Crippen molar-refractivity contribution in [2.24, 2.45) is 0 Å². The Bertz CT molecular complexity index is 1360. The van der Waals surface area contributed by atoms with Gasteiger partial charge in [-0.1, -0.05) is 0 Å². The van der Waals surface area contributed by atoms with E-state index in [1.54, 1.807) is 6.07 Å². The molecule has 0 aliphatic carbocycles. The first-order valence-electron chi connectivity index (χ1n) is 9.99. The van der Waals surface area contributed by atoms with Crippen molar-refractivity contribution >= 4 is 29.5 Å². The molecule has 14 heteroatoms. The number of anilines is 2. The summed E-state index contributed by atoms with van der Waals surface area (Å²) in [6.07, 6.45) is -0.311. The minimum absolute atomic E-state index is 0.00414. The number of carbonyl (C=O) groups excluding carboxylic acids is 3. The summed E-state index contributed by atoms with van der Waals surface area (Å²) in [4.78, 5) is 43.2. The van der Waals surface area contributed by atoms with Gasteiger partial charge in [-0.25, -0.2) is 18.6 Å². The number of rotatable bonds is 4. The summed E-state index contributed by atoms with van der Waals surface area (Å²) in [6.45, 7) is -0.456. The van der Waals surface area contributed by atoms with Crippen LogP contribution in [0.2, 0.25) is 0 Å². The van der Waals surface area contributed by atoms with Crippen LogP contribution in [-0.2, 0) is 6.18 Å². The van der Waals surface area contributed by atoms with Crippen LogP contribution in [0.5, 0.6) is 0 Å². The second-order valence-corrected chi connectivity index (χ2v) is 7.23. The number of amides is 4. The summed E-state index contributed by atoms with van der Waals surface area (Å²) in [5.74, 6) is -5.44. The third-order valence-corrected chi connectivity index (χ3v) is 4.86. The fourth-order valence-electron chi connectivity index (χ4n) is 3.27. The summed E-state index contributed by atoms with van der Waals surface area (Å²) < 4.78 is 67.7. The number of imide groups is 1. The molecule has 0 unspecified atom stereocenters. The summed E-state index contributed by atoms with van der Waals surface area (Å²) in [5, 5.41) is 9.81. The molecule has 0 bridgehead atoms. The minimum atomic E-state index is -5.32. The number of halogens is 5. The van der Waals surface area contributed by atoms with Crippen molar-refractivity contribution in [3.63, 3.8) is 0 Å². The van der Waals surface area contributed by atoms with Gasteiger partial charge in [-0.2, -0.15) is 18.3 Å². The maximum absolute atomic E-state index is 13.9. The Morgan fingerprint density at radius 2 is 1.86 bits per heavy atom. The fourth-order valence-corrected chi connectivity index (χ4v) is 3.27. The van der Waals surface area contributed by atoms with E-state index >= 15 is 0 Å². The van der Waals surface area contributed by atoms with Gasteiger partial charge < -0.3 is 5.32 Å². The van der Waals surface area contributed by atoms with Crippen LogP contribution in [0.4, 0.5) is 38.4 Å². The van der Waals surface area contributed by atoms with E-state index in [1.807, 2.05) is 0 Å². The molecule has 1 N–H and O–H groups in total. The molecular weight excluding hydrogens is 491 g/mol. The molecule has 0 fully saturated rings. The summed E-state index contributed by atoms with van der Waals surface area (Å²) >= 11 is 0. The molecule has 36 heavy (non-hydrogen) atoms. The van der Waals surface area contributed by atoms with Crippen LogP contribution in [0.1, 0.15) is 26.3 Å². The van der Waals surface area contributed by atoms with Gasteiger partial charge in [0.2, 0.25) is 0 Å². The summed E-state index contributed by atoms with van der Waals surface area (Å²) in [6, 6.07) is 4.71. The molecule has 0 spiro atoms. The van der Waals surface area contributed by atoms with Crippen LogP contribution in [-0.4, -0.2) is 44.5 Å². The Morgan fingerprint density at radius 3 is 2.50 bits per heavy atom. The highest BCUT2D eigenvalue weighted by molar-refractivity contribution is 6.10. The second-order valence-electron chi connectivity index (χ2n) is 7.23. The molecule has 184 valence electrons. The molecule has 9 nitrogen and oxygen atoms in total. The van der Waals surface area contributed by atoms with Crippen LogP contribution in [0.15, 0.2) is 61.1 Å². The van der Waals surface area contributed by atoms with Gasteiger partial charge in [-0.15, -0.1) is 5.10 Å². The maximum Gasteiger partial charge on any atom is 0.420 e. The predicted molar refractivity (Wildman–Crippen MR) is 114 cm³/mol. The zero-order valence-electron chi connectivity index (χ0n) is 17.8. The number of urea groups is 1. The molecule has 0 saturated heterocycles. The van der Waals surface area contributed by atoms with E-state index < -0.39 is 53.3 Å². The highest BCUT2D eigenvalue weighted by Gasteiger charge is 2.41. The molecule has 4 rings (SSSR count). The number of aromatic nitrogens is 3. The average Bonchev–Trinajstić information content (AvgIpc) is 2.83. The van der Waals surface area contributed by atoms with Crippen LogP contribution in [0, 0.1) is 11.6 Å². The third kappa shape index (κ3) is 4.87. The van der Waals surface area contributed by atoms with Gasteiger partial charge in [-0.3, -0.25) is 19.4 Å². The number of hydrogen-bond acceptors (Lipinski definition) is 6. The van der Waals surface area contributed by atoms with Gasteiger partial charge in [0.15, 0.2) is 5.82 Å². The number of hydrogen-bond donors (Lipinski definition) is 1. The van der Waals surface area contributed by atoms with E-state index in [2.05, 4.69) is 20.5 Å². The largest absolute Gasteiger partial charge is 0.420 e. The molecule has 1 aliphatic rings. The van der Waals surface area contributed by atoms with Crippen LogP contribution < -0.4 is 10.2 Å². The smallest absolute Gasteiger partial charge is 0.305 e. The molecule has 1 aromatic carbocycles. The molecule has 1 aliphatic heterocycles. The minimum Gasteiger partial charge on any atom is -0.305 e. The summed E-state index contributed by atoms with van der Waals surface area (Å²) in [5.41, 5.74) is -3.26. The van der Waals surface area contributed by atoms with Gasteiger partial charge in [0.25, 0.3) is 11.8 Å². The van der Waals surface area contributed by atoms with Crippen LogP contribution in [0.25, 0.3) is 0 Å². The first kappa shape index (κ1) is 24.4. The average molecular weight is 504 g/mol. The highest BCUT2D eigenvalue weighted by atomic mass is 19.4. The Hall–Kier alpha value is -4.75. The Balaban J connectivity index is 1.57. The SMILES string of the molecule is O=C(Nc1cccnn1)c1ccc(N2C=CCN(C(=O)c3cc(F)cc(F)c3C(F)(F)F)C2=O)nc1. The lowest BCUT2D eigenvalue weighted by Crippen LogP contribution is -2.47. The van der Waals surface area contributed by atoms with Gasteiger partial charge in [-0.05, 0) is 36.4 Å². The zero-order chi connectivity index (χ0) is 26.0. The van der Waals surface area contributed by atoms with Gasteiger partial charge in [0.1, 0.15) is 23.0 Å². The molecular formula is C22H13F5N6O3. The number of pyridine rings is 1. The molecule has 3 aromatic rings. The predicted octanol–water partition coefficient (Wildman–Crippen LogP) is 4.02. The lowest BCUT2D eigenvalue weighted by atomic mass is 10.0.